The molecule has 2 N–H and O–H groups in total. The Hall–Kier alpha value is -4.25. The van der Waals surface area contributed by atoms with Crippen LogP contribution in [0.25, 0.3) is 5.57 Å². The summed E-state index contributed by atoms with van der Waals surface area (Å²) in [6, 6.07) is 14.7. The van der Waals surface area contributed by atoms with Gasteiger partial charge in [0.1, 0.15) is 5.82 Å². The van der Waals surface area contributed by atoms with Gasteiger partial charge in [-0.3, -0.25) is 9.59 Å². The van der Waals surface area contributed by atoms with Crippen molar-refractivity contribution in [2.75, 3.05) is 20.7 Å². The van der Waals surface area contributed by atoms with E-state index in [0.29, 0.717) is 6.07 Å². The van der Waals surface area contributed by atoms with Crippen molar-refractivity contribution in [2.24, 2.45) is 5.73 Å². The van der Waals surface area contributed by atoms with E-state index in [1.54, 1.807) is 30.3 Å². The molecule has 212 valence electrons. The van der Waals surface area contributed by atoms with Gasteiger partial charge in [-0.15, -0.1) is 0 Å². The lowest BCUT2D eigenvalue weighted by Gasteiger charge is -2.27. The maximum Gasteiger partial charge on any atom is 0.416 e. The minimum absolute atomic E-state index is 0.0160. The number of halogens is 5. The molecule has 0 bridgehead atoms. The van der Waals surface area contributed by atoms with Crippen molar-refractivity contribution in [2.45, 2.75) is 25.7 Å². The van der Waals surface area contributed by atoms with Gasteiger partial charge in [0.15, 0.2) is 11.6 Å². The molecular weight excluding hydrogens is 533 g/mol. The number of likely N-dealkylation sites (N-methyl/N-ethyl adjacent to an activating group) is 1. The molecule has 0 fully saturated rings. The molecule has 0 aliphatic rings. The fraction of sp³-hybridized carbons (Fsp3) is 0.241. The first-order chi connectivity index (χ1) is 18.9. The number of carbonyl (C=O) groups is 2. The van der Waals surface area contributed by atoms with E-state index in [-0.39, 0.29) is 35.5 Å². The first-order valence-corrected chi connectivity index (χ1v) is 12.1. The Morgan fingerprint density at radius 2 is 1.68 bits per heavy atom. The van der Waals surface area contributed by atoms with Gasteiger partial charge in [-0.2, -0.15) is 13.2 Å². The number of ether oxygens (including phenoxy) is 1. The molecule has 3 rings (SSSR count). The zero-order valence-electron chi connectivity index (χ0n) is 22.0. The molecule has 0 saturated carbocycles. The van der Waals surface area contributed by atoms with Gasteiger partial charge in [0.05, 0.1) is 24.8 Å². The van der Waals surface area contributed by atoms with E-state index in [0.717, 1.165) is 22.6 Å². The molecule has 3 aromatic carbocycles. The average molecular weight is 562 g/mol. The lowest BCUT2D eigenvalue weighted by Crippen LogP contribution is -2.36. The number of rotatable bonds is 10. The quantitative estimate of drug-likeness (QED) is 0.200. The number of nitrogens with two attached hydrogens (primary N) is 1. The second kappa shape index (κ2) is 12.7. The summed E-state index contributed by atoms with van der Waals surface area (Å²) in [5, 5.41) is 0. The van der Waals surface area contributed by atoms with Gasteiger partial charge in [0.25, 0.3) is 5.91 Å². The molecule has 0 aliphatic heterocycles. The van der Waals surface area contributed by atoms with Gasteiger partial charge in [-0.25, -0.2) is 8.78 Å². The number of methoxy groups -OCH3 is 1. The molecular formula is C29H28F5N3O3. The number of allylic oxidation sites excluding steroid dienone is 1. The number of amides is 2. The normalized spacial score (nSPS) is 12.8. The number of alkyl halides is 3. The maximum atomic E-state index is 15.4. The van der Waals surface area contributed by atoms with Crippen molar-refractivity contribution in [3.8, 4) is 5.75 Å². The molecule has 1 atom stereocenters. The van der Waals surface area contributed by atoms with E-state index >= 15 is 4.39 Å². The van der Waals surface area contributed by atoms with E-state index in [9.17, 15) is 27.2 Å². The summed E-state index contributed by atoms with van der Waals surface area (Å²) >= 11 is 0. The first-order valence-electron chi connectivity index (χ1n) is 12.1. The van der Waals surface area contributed by atoms with E-state index < -0.39 is 47.4 Å². The van der Waals surface area contributed by atoms with Crippen molar-refractivity contribution in [3.05, 3.63) is 106 Å². The smallest absolute Gasteiger partial charge is 0.416 e. The Morgan fingerprint density at radius 3 is 2.27 bits per heavy atom. The van der Waals surface area contributed by atoms with Gasteiger partial charge in [-0.05, 0) is 30.7 Å². The second-order valence-electron chi connectivity index (χ2n) is 8.98. The standard InChI is InChI=1S/C29H28F5N3O3/c1-18(37(17-38)15-21-22(29(32,33)34)12-8-13-23(21)30)26(20-11-7-14-25(40-3)27(20)31)28(39)36(2)16-24(35)19-9-5-4-6-10-19/h4-14,17,24H,15-16,35H2,1-3H3/b26-18-/t24-/m0/s1. The second-order valence-corrected chi connectivity index (χ2v) is 8.98. The third kappa shape index (κ3) is 6.66. The highest BCUT2D eigenvalue weighted by molar-refractivity contribution is 6.20. The Labute approximate surface area is 228 Å². The van der Waals surface area contributed by atoms with Crippen LogP contribution in [0.2, 0.25) is 0 Å². The zero-order valence-corrected chi connectivity index (χ0v) is 22.0. The van der Waals surface area contributed by atoms with Crippen molar-refractivity contribution in [3.63, 3.8) is 0 Å². The molecule has 0 heterocycles. The molecule has 3 aromatic rings. The van der Waals surface area contributed by atoms with E-state index in [4.69, 9.17) is 10.5 Å². The van der Waals surface area contributed by atoms with Crippen LogP contribution in [0.3, 0.4) is 0 Å². The van der Waals surface area contributed by atoms with Crippen molar-refractivity contribution >= 4 is 17.9 Å². The minimum Gasteiger partial charge on any atom is -0.494 e. The van der Waals surface area contributed by atoms with Gasteiger partial charge < -0.3 is 20.3 Å². The third-order valence-electron chi connectivity index (χ3n) is 6.38. The summed E-state index contributed by atoms with van der Waals surface area (Å²) in [6.07, 6.45) is -4.75. The van der Waals surface area contributed by atoms with Crippen LogP contribution in [0.1, 0.15) is 35.2 Å². The summed E-state index contributed by atoms with van der Waals surface area (Å²) in [4.78, 5) is 27.9. The van der Waals surface area contributed by atoms with E-state index in [1.807, 2.05) is 0 Å². The fourth-order valence-corrected chi connectivity index (χ4v) is 4.23. The molecule has 40 heavy (non-hydrogen) atoms. The average Bonchev–Trinajstić information content (AvgIpc) is 2.93. The topological polar surface area (TPSA) is 75.9 Å². The fourth-order valence-electron chi connectivity index (χ4n) is 4.23. The van der Waals surface area contributed by atoms with E-state index in [2.05, 4.69) is 0 Å². The first kappa shape index (κ1) is 30.3. The van der Waals surface area contributed by atoms with Gasteiger partial charge in [0.2, 0.25) is 6.41 Å². The van der Waals surface area contributed by atoms with Gasteiger partial charge in [-0.1, -0.05) is 48.5 Å². The number of carbonyl (C=O) groups excluding carboxylic acids is 2. The number of hydrogen-bond donors (Lipinski definition) is 1. The van der Waals surface area contributed by atoms with Gasteiger partial charge in [0, 0.05) is 36.5 Å². The highest BCUT2D eigenvalue weighted by Gasteiger charge is 2.35. The molecule has 0 spiro atoms. The third-order valence-corrected chi connectivity index (χ3v) is 6.38. The number of hydrogen-bond acceptors (Lipinski definition) is 4. The predicted molar refractivity (Wildman–Crippen MR) is 140 cm³/mol. The molecule has 0 saturated heterocycles. The predicted octanol–water partition coefficient (Wildman–Crippen LogP) is 5.54. The molecule has 0 aliphatic carbocycles. The highest BCUT2D eigenvalue weighted by atomic mass is 19.4. The summed E-state index contributed by atoms with van der Waals surface area (Å²) in [7, 11) is 2.64. The molecule has 2 amide bonds. The Bertz CT molecular complexity index is 1390. The number of benzene rings is 3. The summed E-state index contributed by atoms with van der Waals surface area (Å²) in [5.41, 5.74) is 4.10. The monoisotopic (exact) mass is 561 g/mol. The Balaban J connectivity index is 2.12. The largest absolute Gasteiger partial charge is 0.494 e. The molecule has 6 nitrogen and oxygen atoms in total. The van der Waals surface area contributed by atoms with Crippen molar-refractivity contribution < 1.29 is 36.3 Å². The molecule has 11 heteroatoms. The van der Waals surface area contributed by atoms with Crippen LogP contribution in [-0.2, 0) is 22.3 Å². The highest BCUT2D eigenvalue weighted by Crippen LogP contribution is 2.35. The lowest BCUT2D eigenvalue weighted by molar-refractivity contribution is -0.139. The van der Waals surface area contributed by atoms with E-state index in [1.165, 1.54) is 44.2 Å². The Morgan fingerprint density at radius 1 is 1.02 bits per heavy atom. The van der Waals surface area contributed by atoms with Crippen LogP contribution in [0.4, 0.5) is 22.0 Å². The van der Waals surface area contributed by atoms with Crippen LogP contribution < -0.4 is 10.5 Å². The van der Waals surface area contributed by atoms with Crippen LogP contribution in [0.15, 0.2) is 72.4 Å². The zero-order chi connectivity index (χ0) is 29.6. The molecule has 0 aromatic heterocycles. The number of nitrogens with zero attached hydrogens (tertiary/aromatic N) is 2. The summed E-state index contributed by atoms with van der Waals surface area (Å²) < 4.78 is 75.9. The van der Waals surface area contributed by atoms with Crippen LogP contribution in [0.5, 0.6) is 5.75 Å². The summed E-state index contributed by atoms with van der Waals surface area (Å²) in [5.74, 6) is -3.10. The van der Waals surface area contributed by atoms with Crippen LogP contribution in [-0.4, -0.2) is 42.8 Å². The van der Waals surface area contributed by atoms with Gasteiger partial charge >= 0.3 is 6.18 Å². The van der Waals surface area contributed by atoms with Crippen LogP contribution >= 0.6 is 0 Å². The Kier molecular flexibility index (Phi) is 9.65. The van der Waals surface area contributed by atoms with Crippen LogP contribution in [0, 0.1) is 11.6 Å². The van der Waals surface area contributed by atoms with Crippen molar-refractivity contribution in [1.29, 1.82) is 0 Å². The van der Waals surface area contributed by atoms with Crippen molar-refractivity contribution in [1.82, 2.24) is 9.80 Å². The minimum atomic E-state index is -4.91. The molecule has 0 radical (unpaired) electrons. The SMILES string of the molecule is COc1cccc(/C(C(=O)N(C)C[C@H](N)c2ccccc2)=C(\C)N(C=O)Cc2c(F)cccc2C(F)(F)F)c1F. The molecule has 0 unspecified atom stereocenters. The summed E-state index contributed by atoms with van der Waals surface area (Å²) in [6.45, 7) is 0.379. The maximum absolute atomic E-state index is 15.4. The lowest BCUT2D eigenvalue weighted by atomic mass is 9.99.